The maximum Gasteiger partial charge on any atom is 0.181 e. The number of thiazole rings is 1. The summed E-state index contributed by atoms with van der Waals surface area (Å²) < 4.78 is 5.22. The van der Waals surface area contributed by atoms with Crippen LogP contribution in [0.4, 0.5) is 0 Å². The van der Waals surface area contributed by atoms with Crippen LogP contribution in [0.2, 0.25) is 0 Å². The van der Waals surface area contributed by atoms with Crippen LogP contribution in [0.1, 0.15) is 37.2 Å². The molecule has 1 aliphatic heterocycles. The van der Waals surface area contributed by atoms with E-state index in [0.717, 1.165) is 45.6 Å². The third kappa shape index (κ3) is 3.83. The van der Waals surface area contributed by atoms with E-state index < -0.39 is 0 Å². The Labute approximate surface area is 164 Å². The second kappa shape index (κ2) is 7.84. The quantitative estimate of drug-likeness (QED) is 0.393. The van der Waals surface area contributed by atoms with E-state index in [9.17, 15) is 0 Å². The van der Waals surface area contributed by atoms with Crippen molar-refractivity contribution in [3.63, 3.8) is 0 Å². The van der Waals surface area contributed by atoms with Gasteiger partial charge >= 0.3 is 0 Å². The molecule has 1 fully saturated rings. The van der Waals surface area contributed by atoms with Gasteiger partial charge in [-0.1, -0.05) is 42.2 Å². The third-order valence-electron chi connectivity index (χ3n) is 4.29. The summed E-state index contributed by atoms with van der Waals surface area (Å²) in [7, 11) is 0. The summed E-state index contributed by atoms with van der Waals surface area (Å²) in [6.07, 6.45) is 3.52. The molecule has 1 aromatic carbocycles. The van der Waals surface area contributed by atoms with Crippen LogP contribution < -0.4 is 0 Å². The minimum Gasteiger partial charge on any atom is -0.275 e. The SMILES string of the molecule is CCCSc1nn(CN2CCC[C@H]2c2nc3ccccc3s2)c(=S)s1. The topological polar surface area (TPSA) is 34.0 Å². The lowest BCUT2D eigenvalue weighted by atomic mass is 10.2. The largest absolute Gasteiger partial charge is 0.275 e. The molecule has 0 unspecified atom stereocenters. The molecule has 0 N–H and O–H groups in total. The lowest BCUT2D eigenvalue weighted by Gasteiger charge is -2.22. The third-order valence-corrected chi connectivity index (χ3v) is 8.08. The van der Waals surface area contributed by atoms with Crippen LogP contribution in [0, 0.1) is 3.95 Å². The number of hydrogen-bond donors (Lipinski definition) is 0. The average molecular weight is 409 g/mol. The van der Waals surface area contributed by atoms with Crippen LogP contribution >= 0.6 is 46.7 Å². The molecule has 0 spiro atoms. The first-order valence-electron chi connectivity index (χ1n) is 8.55. The lowest BCUT2D eigenvalue weighted by Crippen LogP contribution is -2.26. The van der Waals surface area contributed by atoms with Crippen molar-refractivity contribution in [2.75, 3.05) is 12.3 Å². The standard InChI is InChI=1S/C17H20N4S4/c1-2-10-23-16-19-21(17(22)25-16)11-20-9-5-7-13(20)15-18-12-6-3-4-8-14(12)24-15/h3-4,6,8,13H,2,5,7,9-11H2,1H3/t13-/m0/s1. The van der Waals surface area contributed by atoms with Crippen molar-refractivity contribution in [3.05, 3.63) is 33.2 Å². The number of likely N-dealkylation sites (tertiary alicyclic amines) is 1. The molecule has 1 saturated heterocycles. The molecule has 1 atom stereocenters. The van der Waals surface area contributed by atoms with E-state index in [-0.39, 0.29) is 0 Å². The number of fused-ring (bicyclic) bond motifs is 1. The van der Waals surface area contributed by atoms with Gasteiger partial charge < -0.3 is 0 Å². The smallest absolute Gasteiger partial charge is 0.181 e. The van der Waals surface area contributed by atoms with Crippen molar-refractivity contribution >= 4 is 56.9 Å². The molecular formula is C17H20N4S4. The highest BCUT2D eigenvalue weighted by atomic mass is 32.2. The first-order chi connectivity index (χ1) is 12.2. The van der Waals surface area contributed by atoms with Gasteiger partial charge in [-0.05, 0) is 43.6 Å². The first-order valence-corrected chi connectivity index (χ1v) is 11.6. The van der Waals surface area contributed by atoms with Gasteiger partial charge in [0, 0.05) is 12.3 Å². The van der Waals surface area contributed by atoms with Gasteiger partial charge in [0.15, 0.2) is 8.29 Å². The maximum atomic E-state index is 5.53. The summed E-state index contributed by atoms with van der Waals surface area (Å²) >= 11 is 10.8. The van der Waals surface area contributed by atoms with Crippen LogP contribution in [0.25, 0.3) is 10.2 Å². The summed E-state index contributed by atoms with van der Waals surface area (Å²) in [5.41, 5.74) is 1.11. The van der Waals surface area contributed by atoms with Crippen molar-refractivity contribution < 1.29 is 0 Å². The number of aromatic nitrogens is 3. The summed E-state index contributed by atoms with van der Waals surface area (Å²) in [6, 6.07) is 8.78. The molecule has 3 heterocycles. The molecule has 0 saturated carbocycles. The lowest BCUT2D eigenvalue weighted by molar-refractivity contribution is 0.189. The van der Waals surface area contributed by atoms with Crippen LogP contribution in [-0.2, 0) is 6.67 Å². The van der Waals surface area contributed by atoms with E-state index in [2.05, 4.69) is 36.1 Å². The molecule has 1 aliphatic rings. The Morgan fingerprint density at radius 1 is 1.32 bits per heavy atom. The van der Waals surface area contributed by atoms with E-state index >= 15 is 0 Å². The Hall–Kier alpha value is -0.800. The Morgan fingerprint density at radius 3 is 3.04 bits per heavy atom. The average Bonchev–Trinajstić information content (AvgIpc) is 3.31. The minimum absolute atomic E-state index is 0.382. The number of rotatable bonds is 6. The van der Waals surface area contributed by atoms with Crippen molar-refractivity contribution in [1.82, 2.24) is 19.7 Å². The predicted octanol–water partition coefficient (Wildman–Crippen LogP) is 5.58. The van der Waals surface area contributed by atoms with Crippen molar-refractivity contribution in [1.29, 1.82) is 0 Å². The van der Waals surface area contributed by atoms with Gasteiger partial charge in [-0.2, -0.15) is 5.10 Å². The van der Waals surface area contributed by atoms with Gasteiger partial charge in [0.05, 0.1) is 22.9 Å². The number of para-hydroxylation sites is 1. The van der Waals surface area contributed by atoms with Crippen LogP contribution in [0.5, 0.6) is 0 Å². The number of benzene rings is 1. The molecule has 0 radical (unpaired) electrons. The van der Waals surface area contributed by atoms with Crippen molar-refractivity contribution in [3.8, 4) is 0 Å². The molecular weight excluding hydrogens is 388 g/mol. The fourth-order valence-corrected chi connectivity index (χ4v) is 6.48. The predicted molar refractivity (Wildman–Crippen MR) is 110 cm³/mol. The van der Waals surface area contributed by atoms with Gasteiger partial charge in [-0.15, -0.1) is 11.3 Å². The van der Waals surface area contributed by atoms with Crippen LogP contribution in [-0.4, -0.2) is 32.0 Å². The Bertz CT molecular complexity index is 880. The summed E-state index contributed by atoms with van der Waals surface area (Å²) in [5.74, 6) is 1.10. The van der Waals surface area contributed by atoms with Crippen molar-refractivity contribution in [2.45, 2.75) is 43.2 Å². The highest BCUT2D eigenvalue weighted by Gasteiger charge is 2.29. The minimum atomic E-state index is 0.382. The summed E-state index contributed by atoms with van der Waals surface area (Å²) in [5, 5.41) is 5.94. The zero-order valence-electron chi connectivity index (χ0n) is 14.1. The second-order valence-corrected chi connectivity index (χ2v) is 10.1. The maximum absolute atomic E-state index is 5.53. The number of nitrogens with zero attached hydrogens (tertiary/aromatic N) is 4. The van der Waals surface area contributed by atoms with Crippen molar-refractivity contribution in [2.24, 2.45) is 0 Å². The van der Waals surface area contributed by atoms with Crippen LogP contribution in [0.15, 0.2) is 28.6 Å². The Kier molecular flexibility index (Phi) is 5.52. The Morgan fingerprint density at radius 2 is 2.20 bits per heavy atom. The fourth-order valence-electron chi connectivity index (χ4n) is 3.10. The highest BCUT2D eigenvalue weighted by molar-refractivity contribution is 8.01. The monoisotopic (exact) mass is 408 g/mol. The van der Waals surface area contributed by atoms with E-state index in [1.165, 1.54) is 16.1 Å². The molecule has 0 aliphatic carbocycles. The fraction of sp³-hybridized carbons (Fsp3) is 0.471. The normalized spacial score (nSPS) is 18.4. The summed E-state index contributed by atoms with van der Waals surface area (Å²) in [6.45, 7) is 4.04. The Balaban J connectivity index is 1.53. The highest BCUT2D eigenvalue weighted by Crippen LogP contribution is 2.36. The van der Waals surface area contributed by atoms with Gasteiger partial charge in [0.1, 0.15) is 5.01 Å². The molecule has 4 rings (SSSR count). The zero-order chi connectivity index (χ0) is 17.2. The van der Waals surface area contributed by atoms with E-state index in [0.29, 0.717) is 6.04 Å². The molecule has 3 aromatic rings. The molecule has 2 aromatic heterocycles. The van der Waals surface area contributed by atoms with Gasteiger partial charge in [-0.25, -0.2) is 9.67 Å². The van der Waals surface area contributed by atoms with Crippen LogP contribution in [0.3, 0.4) is 0 Å². The van der Waals surface area contributed by atoms with Gasteiger partial charge in [-0.3, -0.25) is 4.90 Å². The molecule has 0 amide bonds. The first kappa shape index (κ1) is 17.6. The zero-order valence-corrected chi connectivity index (χ0v) is 17.3. The van der Waals surface area contributed by atoms with Gasteiger partial charge in [0.2, 0.25) is 0 Å². The molecule has 132 valence electrons. The molecule has 25 heavy (non-hydrogen) atoms. The van der Waals surface area contributed by atoms with E-state index in [1.54, 1.807) is 23.1 Å². The van der Waals surface area contributed by atoms with E-state index in [4.69, 9.17) is 22.3 Å². The summed E-state index contributed by atoms with van der Waals surface area (Å²) in [4.78, 5) is 7.35. The van der Waals surface area contributed by atoms with Gasteiger partial charge in [0.25, 0.3) is 0 Å². The number of hydrogen-bond acceptors (Lipinski definition) is 7. The molecule has 0 bridgehead atoms. The molecule has 8 heteroatoms. The molecule has 4 nitrogen and oxygen atoms in total. The number of thioether (sulfide) groups is 1. The van der Waals surface area contributed by atoms with E-state index in [1.807, 2.05) is 16.0 Å². The second-order valence-electron chi connectivity index (χ2n) is 6.11.